The molecule has 5 aromatic carbocycles. The highest BCUT2D eigenvalue weighted by atomic mass is 32.1. The number of thiophene rings is 2. The van der Waals surface area contributed by atoms with E-state index in [2.05, 4.69) is 146 Å². The van der Waals surface area contributed by atoms with E-state index in [0.717, 1.165) is 22.6 Å². The lowest BCUT2D eigenvalue weighted by atomic mass is 9.92. The van der Waals surface area contributed by atoms with Crippen molar-refractivity contribution in [1.82, 2.24) is 0 Å². The van der Waals surface area contributed by atoms with Crippen molar-refractivity contribution in [3.63, 3.8) is 0 Å². The van der Waals surface area contributed by atoms with Gasteiger partial charge in [0.2, 0.25) is 0 Å². The molecule has 7 aromatic rings. The molecule has 1 aliphatic rings. The molecule has 0 unspecified atom stereocenters. The Bertz CT molecular complexity index is 1870. The first-order chi connectivity index (χ1) is 20.3. The molecule has 0 radical (unpaired) electrons. The molecule has 0 bridgehead atoms. The Labute approximate surface area is 247 Å². The third-order valence-corrected chi connectivity index (χ3v) is 9.95. The quantitative estimate of drug-likeness (QED) is 0.208. The van der Waals surface area contributed by atoms with Crippen LogP contribution in [0.3, 0.4) is 0 Å². The van der Waals surface area contributed by atoms with E-state index in [1.165, 1.54) is 52.9 Å². The highest BCUT2D eigenvalue weighted by molar-refractivity contribution is 7.19. The number of hydrogen-bond donors (Lipinski definition) is 0. The smallest absolute Gasteiger partial charge is 0.135 e. The Balaban J connectivity index is 1.20. The Morgan fingerprint density at radius 2 is 0.707 bits per heavy atom. The summed E-state index contributed by atoms with van der Waals surface area (Å²) in [5.74, 6) is 1.77. The largest absolute Gasteiger partial charge is 0.456 e. The lowest BCUT2D eigenvalue weighted by Gasteiger charge is -2.11. The minimum absolute atomic E-state index is 0.884. The maximum absolute atomic E-state index is 6.62. The zero-order valence-electron chi connectivity index (χ0n) is 22.1. The molecule has 194 valence electrons. The first-order valence-electron chi connectivity index (χ1n) is 13.7. The second-order valence-corrected chi connectivity index (χ2v) is 12.3. The van der Waals surface area contributed by atoms with E-state index in [1.54, 1.807) is 0 Å². The van der Waals surface area contributed by atoms with Crippen LogP contribution in [0, 0.1) is 0 Å². The molecule has 0 amide bonds. The zero-order chi connectivity index (χ0) is 27.2. The Morgan fingerprint density at radius 1 is 0.317 bits per heavy atom. The van der Waals surface area contributed by atoms with E-state index in [1.807, 2.05) is 22.7 Å². The average Bonchev–Trinajstić information content (AvgIpc) is 3.71. The molecule has 0 N–H and O–H groups in total. The van der Waals surface area contributed by atoms with Crippen LogP contribution >= 0.6 is 22.7 Å². The minimum Gasteiger partial charge on any atom is -0.456 e. The molecule has 0 saturated heterocycles. The minimum atomic E-state index is 0.884. The highest BCUT2D eigenvalue weighted by Crippen LogP contribution is 2.49. The van der Waals surface area contributed by atoms with Crippen molar-refractivity contribution in [2.75, 3.05) is 0 Å². The lowest BCUT2D eigenvalue weighted by Crippen LogP contribution is -1.87. The summed E-state index contributed by atoms with van der Waals surface area (Å²) in [6, 6.07) is 51.9. The molecule has 41 heavy (non-hydrogen) atoms. The van der Waals surface area contributed by atoms with Crippen LogP contribution < -0.4 is 4.74 Å². The van der Waals surface area contributed by atoms with Crippen molar-refractivity contribution in [3.05, 3.63) is 146 Å². The summed E-state index contributed by atoms with van der Waals surface area (Å²) in [5.41, 5.74) is 9.52. The van der Waals surface area contributed by atoms with Crippen LogP contribution in [0.4, 0.5) is 0 Å². The number of hydrogen-bond acceptors (Lipinski definition) is 3. The van der Waals surface area contributed by atoms with Crippen molar-refractivity contribution >= 4 is 22.7 Å². The fraction of sp³-hybridized carbons (Fsp3) is 0. The maximum Gasteiger partial charge on any atom is 0.135 e. The molecule has 0 saturated carbocycles. The predicted octanol–water partition coefficient (Wildman–Crippen LogP) is 11.9. The fourth-order valence-corrected chi connectivity index (χ4v) is 7.55. The SMILES string of the molecule is c1ccc(-c2ccc(-c3ccc4c(c3)-c3ccccc3-c3cc(-c5ccc(-c6ccccc6)s5)ccc3O4)s2)cc1. The van der Waals surface area contributed by atoms with Crippen molar-refractivity contribution < 1.29 is 4.74 Å². The topological polar surface area (TPSA) is 9.23 Å². The number of ether oxygens (including phenoxy) is 1. The van der Waals surface area contributed by atoms with Crippen molar-refractivity contribution in [1.29, 1.82) is 0 Å². The van der Waals surface area contributed by atoms with Gasteiger partial charge >= 0.3 is 0 Å². The third kappa shape index (κ3) is 4.40. The summed E-state index contributed by atoms with van der Waals surface area (Å²) in [6.07, 6.45) is 0. The van der Waals surface area contributed by atoms with Crippen LogP contribution in [0.15, 0.2) is 146 Å². The molecule has 8 rings (SSSR count). The summed E-state index contributed by atoms with van der Waals surface area (Å²) in [5, 5.41) is 0. The average molecular weight is 561 g/mol. The molecule has 3 heterocycles. The van der Waals surface area contributed by atoms with Gasteiger partial charge in [-0.3, -0.25) is 0 Å². The molecular weight excluding hydrogens is 537 g/mol. The second-order valence-electron chi connectivity index (χ2n) is 10.1. The van der Waals surface area contributed by atoms with Gasteiger partial charge in [0.1, 0.15) is 11.5 Å². The number of rotatable bonds is 4. The van der Waals surface area contributed by atoms with Gasteiger partial charge in [0.15, 0.2) is 0 Å². The van der Waals surface area contributed by atoms with Crippen LogP contribution in [0.2, 0.25) is 0 Å². The van der Waals surface area contributed by atoms with Gasteiger partial charge in [-0.05, 0) is 94.0 Å². The second kappa shape index (κ2) is 10.0. The Morgan fingerprint density at radius 3 is 1.15 bits per heavy atom. The molecule has 0 atom stereocenters. The lowest BCUT2D eigenvalue weighted by molar-refractivity contribution is 0.488. The monoisotopic (exact) mass is 560 g/mol. The normalized spacial score (nSPS) is 11.6. The molecule has 0 fully saturated rings. The summed E-state index contributed by atoms with van der Waals surface area (Å²) in [7, 11) is 0. The Kier molecular flexibility index (Phi) is 5.91. The van der Waals surface area contributed by atoms with Gasteiger partial charge in [-0.15, -0.1) is 22.7 Å². The molecular formula is C38H24OS2. The van der Waals surface area contributed by atoms with Crippen LogP contribution in [0.25, 0.3) is 64.0 Å². The molecule has 0 spiro atoms. The first-order valence-corrected chi connectivity index (χ1v) is 15.3. The molecule has 1 nitrogen and oxygen atoms in total. The van der Waals surface area contributed by atoms with E-state index < -0.39 is 0 Å². The van der Waals surface area contributed by atoms with Gasteiger partial charge in [0.25, 0.3) is 0 Å². The van der Waals surface area contributed by atoms with Gasteiger partial charge in [0.05, 0.1) is 0 Å². The van der Waals surface area contributed by atoms with Crippen molar-refractivity contribution in [2.24, 2.45) is 0 Å². The highest BCUT2D eigenvalue weighted by Gasteiger charge is 2.22. The summed E-state index contributed by atoms with van der Waals surface area (Å²) >= 11 is 3.65. The summed E-state index contributed by atoms with van der Waals surface area (Å²) < 4.78 is 6.62. The maximum atomic E-state index is 6.62. The van der Waals surface area contributed by atoms with Crippen molar-refractivity contribution in [2.45, 2.75) is 0 Å². The molecule has 0 aliphatic carbocycles. The van der Waals surface area contributed by atoms with Gasteiger partial charge in [-0.1, -0.05) is 84.9 Å². The van der Waals surface area contributed by atoms with E-state index in [0.29, 0.717) is 0 Å². The summed E-state index contributed by atoms with van der Waals surface area (Å²) in [4.78, 5) is 5.05. The van der Waals surface area contributed by atoms with E-state index in [4.69, 9.17) is 4.74 Å². The van der Waals surface area contributed by atoms with Gasteiger partial charge in [-0.25, -0.2) is 0 Å². The van der Waals surface area contributed by atoms with Crippen LogP contribution in [0.1, 0.15) is 0 Å². The Hall–Kier alpha value is -4.70. The first kappa shape index (κ1) is 24.1. The predicted molar refractivity (Wildman–Crippen MR) is 175 cm³/mol. The number of benzene rings is 5. The van der Waals surface area contributed by atoms with Gasteiger partial charge in [0, 0.05) is 30.6 Å². The summed E-state index contributed by atoms with van der Waals surface area (Å²) in [6.45, 7) is 0. The molecule has 3 heteroatoms. The standard InChI is InChI=1S/C38H24OS2/c1-3-9-25(10-4-1)35-19-21-37(40-35)27-15-17-33-31(23-27)29-13-7-8-14-30(29)32-24-28(16-18-34(32)39-33)38-22-20-36(41-38)26-11-5-2-6-12-26/h1-24H. The molecule has 1 aliphatic heterocycles. The molecule has 2 aromatic heterocycles. The van der Waals surface area contributed by atoms with E-state index in [9.17, 15) is 0 Å². The van der Waals surface area contributed by atoms with E-state index >= 15 is 0 Å². The van der Waals surface area contributed by atoms with Crippen LogP contribution in [0.5, 0.6) is 11.5 Å². The van der Waals surface area contributed by atoms with E-state index in [-0.39, 0.29) is 0 Å². The van der Waals surface area contributed by atoms with Gasteiger partial charge in [-0.2, -0.15) is 0 Å². The van der Waals surface area contributed by atoms with Crippen molar-refractivity contribution in [3.8, 4) is 75.5 Å². The van der Waals surface area contributed by atoms with Gasteiger partial charge < -0.3 is 4.74 Å². The number of fused-ring (bicyclic) bond motifs is 5. The third-order valence-electron chi connectivity index (χ3n) is 7.58. The van der Waals surface area contributed by atoms with Crippen LogP contribution in [-0.4, -0.2) is 0 Å². The zero-order valence-corrected chi connectivity index (χ0v) is 23.7. The fourth-order valence-electron chi connectivity index (χ4n) is 5.54. The van der Waals surface area contributed by atoms with Crippen LogP contribution in [-0.2, 0) is 0 Å².